The summed E-state index contributed by atoms with van der Waals surface area (Å²) in [6.07, 6.45) is 1.75. The van der Waals surface area contributed by atoms with Crippen LogP contribution in [0.5, 0.6) is 0 Å². The van der Waals surface area contributed by atoms with Crippen LogP contribution in [0.3, 0.4) is 0 Å². The second-order valence-electron chi connectivity index (χ2n) is 6.32. The largest absolute Gasteiger partial charge is 0.390 e. The monoisotopic (exact) mass is 310 g/mol. The van der Waals surface area contributed by atoms with E-state index in [0.717, 1.165) is 71.2 Å². The summed E-state index contributed by atoms with van der Waals surface area (Å²) in [7, 11) is 0. The number of aliphatic hydroxyl groups excluding tert-OH is 1. The van der Waals surface area contributed by atoms with Crippen LogP contribution in [-0.4, -0.2) is 83.6 Å². The standard InChI is InChI=1S/C15H26N4O3/c1-12-16-15(22-17-12)13-2-4-18(5-3-13)10-14(20)11-19-6-8-21-9-7-19/h13-14,20H,2-11H2,1H3. The normalized spacial score (nSPS) is 23.7. The van der Waals surface area contributed by atoms with Gasteiger partial charge in [-0.2, -0.15) is 4.98 Å². The van der Waals surface area contributed by atoms with E-state index in [0.29, 0.717) is 11.7 Å². The predicted octanol–water partition coefficient (Wildman–Crippen LogP) is 0.251. The molecule has 3 rings (SSSR count). The van der Waals surface area contributed by atoms with Gasteiger partial charge in [-0.3, -0.25) is 4.90 Å². The molecular formula is C15H26N4O3. The van der Waals surface area contributed by atoms with Crippen molar-refractivity contribution in [2.75, 3.05) is 52.5 Å². The molecule has 0 aromatic carbocycles. The van der Waals surface area contributed by atoms with Crippen molar-refractivity contribution >= 4 is 0 Å². The molecule has 1 unspecified atom stereocenters. The molecule has 2 aliphatic rings. The third-order valence-electron chi connectivity index (χ3n) is 4.52. The molecule has 2 fully saturated rings. The van der Waals surface area contributed by atoms with E-state index in [-0.39, 0.29) is 6.10 Å². The summed E-state index contributed by atoms with van der Waals surface area (Å²) in [5.74, 6) is 1.85. The van der Waals surface area contributed by atoms with Gasteiger partial charge in [-0.1, -0.05) is 5.16 Å². The molecule has 0 spiro atoms. The quantitative estimate of drug-likeness (QED) is 0.835. The van der Waals surface area contributed by atoms with Crippen LogP contribution in [0.15, 0.2) is 4.52 Å². The molecule has 7 nitrogen and oxygen atoms in total. The highest BCUT2D eigenvalue weighted by molar-refractivity contribution is 4.95. The second-order valence-corrected chi connectivity index (χ2v) is 6.32. The second kappa shape index (κ2) is 7.50. The van der Waals surface area contributed by atoms with Gasteiger partial charge in [-0.15, -0.1) is 0 Å². The van der Waals surface area contributed by atoms with Crippen molar-refractivity contribution < 1.29 is 14.4 Å². The van der Waals surface area contributed by atoms with Gasteiger partial charge in [0.15, 0.2) is 5.82 Å². The minimum absolute atomic E-state index is 0.291. The van der Waals surface area contributed by atoms with E-state index in [4.69, 9.17) is 9.26 Å². The first kappa shape index (κ1) is 15.9. The number of aliphatic hydroxyl groups is 1. The Labute approximate surface area is 131 Å². The average molecular weight is 310 g/mol. The molecule has 1 N–H and O–H groups in total. The minimum Gasteiger partial charge on any atom is -0.390 e. The van der Waals surface area contributed by atoms with Gasteiger partial charge >= 0.3 is 0 Å². The van der Waals surface area contributed by atoms with Crippen LogP contribution in [0.25, 0.3) is 0 Å². The van der Waals surface area contributed by atoms with E-state index in [9.17, 15) is 5.11 Å². The number of β-amino-alcohol motifs (C(OH)–C–C–N with tert-alkyl or cyclic N) is 1. The lowest BCUT2D eigenvalue weighted by atomic mass is 9.96. The molecule has 1 aromatic heterocycles. The maximum atomic E-state index is 10.3. The molecule has 2 saturated heterocycles. The summed E-state index contributed by atoms with van der Waals surface area (Å²) in [6.45, 7) is 8.70. The third-order valence-corrected chi connectivity index (χ3v) is 4.52. The lowest BCUT2D eigenvalue weighted by molar-refractivity contribution is 0.00484. The number of rotatable bonds is 5. The number of aryl methyl sites for hydroxylation is 1. The number of likely N-dealkylation sites (tertiary alicyclic amines) is 1. The lowest BCUT2D eigenvalue weighted by Gasteiger charge is -2.34. The minimum atomic E-state index is -0.291. The molecule has 0 aliphatic carbocycles. The number of hydrogen-bond donors (Lipinski definition) is 1. The van der Waals surface area contributed by atoms with Crippen molar-refractivity contribution in [1.82, 2.24) is 19.9 Å². The fourth-order valence-electron chi connectivity index (χ4n) is 3.28. The summed E-state index contributed by atoms with van der Waals surface area (Å²) in [6, 6.07) is 0. The van der Waals surface area contributed by atoms with Crippen molar-refractivity contribution in [2.45, 2.75) is 31.8 Å². The van der Waals surface area contributed by atoms with Crippen LogP contribution >= 0.6 is 0 Å². The first-order valence-electron chi connectivity index (χ1n) is 8.21. The number of morpholine rings is 1. The Hall–Kier alpha value is -1.02. The Bertz CT molecular complexity index is 453. The SMILES string of the molecule is Cc1noc(C2CCN(CC(O)CN3CCOCC3)CC2)n1. The predicted molar refractivity (Wildman–Crippen MR) is 80.7 cm³/mol. The average Bonchev–Trinajstić information content (AvgIpc) is 2.95. The van der Waals surface area contributed by atoms with Gasteiger partial charge in [0.25, 0.3) is 0 Å². The van der Waals surface area contributed by atoms with Gasteiger partial charge < -0.3 is 19.3 Å². The van der Waals surface area contributed by atoms with E-state index in [2.05, 4.69) is 19.9 Å². The number of hydrogen-bond acceptors (Lipinski definition) is 7. The van der Waals surface area contributed by atoms with E-state index >= 15 is 0 Å². The van der Waals surface area contributed by atoms with Crippen LogP contribution in [-0.2, 0) is 4.74 Å². The lowest BCUT2D eigenvalue weighted by Crippen LogP contribution is -2.46. The van der Waals surface area contributed by atoms with Crippen LogP contribution < -0.4 is 0 Å². The molecule has 124 valence electrons. The Morgan fingerprint density at radius 1 is 1.14 bits per heavy atom. The Balaban J connectivity index is 1.39. The first-order chi connectivity index (χ1) is 10.7. The zero-order valence-corrected chi connectivity index (χ0v) is 13.3. The Morgan fingerprint density at radius 3 is 2.36 bits per heavy atom. The van der Waals surface area contributed by atoms with Gasteiger partial charge in [-0.05, 0) is 32.9 Å². The summed E-state index contributed by atoms with van der Waals surface area (Å²) >= 11 is 0. The van der Waals surface area contributed by atoms with E-state index in [1.165, 1.54) is 0 Å². The molecule has 3 heterocycles. The van der Waals surface area contributed by atoms with Crippen molar-refractivity contribution in [3.63, 3.8) is 0 Å². The maximum Gasteiger partial charge on any atom is 0.229 e. The maximum absolute atomic E-state index is 10.3. The zero-order valence-electron chi connectivity index (χ0n) is 13.3. The molecule has 22 heavy (non-hydrogen) atoms. The zero-order chi connectivity index (χ0) is 15.4. The number of nitrogens with zero attached hydrogens (tertiary/aromatic N) is 4. The van der Waals surface area contributed by atoms with Crippen molar-refractivity contribution in [1.29, 1.82) is 0 Å². The highest BCUT2D eigenvalue weighted by Gasteiger charge is 2.26. The molecule has 7 heteroatoms. The van der Waals surface area contributed by atoms with Crippen molar-refractivity contribution in [3.05, 3.63) is 11.7 Å². The summed E-state index contributed by atoms with van der Waals surface area (Å²) in [5, 5.41) is 14.1. The summed E-state index contributed by atoms with van der Waals surface area (Å²) in [4.78, 5) is 8.95. The van der Waals surface area contributed by atoms with E-state index in [1.54, 1.807) is 0 Å². The highest BCUT2D eigenvalue weighted by atomic mass is 16.5. The molecule has 0 saturated carbocycles. The molecular weight excluding hydrogens is 284 g/mol. The molecule has 0 amide bonds. The fourth-order valence-corrected chi connectivity index (χ4v) is 3.28. The van der Waals surface area contributed by atoms with E-state index in [1.807, 2.05) is 6.92 Å². The smallest absolute Gasteiger partial charge is 0.229 e. The number of ether oxygens (including phenoxy) is 1. The third kappa shape index (κ3) is 4.25. The van der Waals surface area contributed by atoms with Crippen molar-refractivity contribution in [2.24, 2.45) is 0 Å². The molecule has 1 atom stereocenters. The summed E-state index contributed by atoms with van der Waals surface area (Å²) < 4.78 is 10.6. The van der Waals surface area contributed by atoms with Gasteiger partial charge in [0.1, 0.15) is 0 Å². The summed E-state index contributed by atoms with van der Waals surface area (Å²) in [5.41, 5.74) is 0. The Morgan fingerprint density at radius 2 is 1.77 bits per heavy atom. The van der Waals surface area contributed by atoms with E-state index < -0.39 is 0 Å². The number of piperidine rings is 1. The number of aromatic nitrogens is 2. The van der Waals surface area contributed by atoms with Gasteiger partial charge in [0.2, 0.25) is 5.89 Å². The highest BCUT2D eigenvalue weighted by Crippen LogP contribution is 2.26. The van der Waals surface area contributed by atoms with Gasteiger partial charge in [-0.25, -0.2) is 0 Å². The van der Waals surface area contributed by atoms with Gasteiger partial charge in [0, 0.05) is 32.1 Å². The van der Waals surface area contributed by atoms with Crippen LogP contribution in [0.2, 0.25) is 0 Å². The Kier molecular flexibility index (Phi) is 5.41. The first-order valence-corrected chi connectivity index (χ1v) is 8.21. The molecule has 2 aliphatic heterocycles. The topological polar surface area (TPSA) is 74.9 Å². The fraction of sp³-hybridized carbons (Fsp3) is 0.867. The molecule has 0 radical (unpaired) electrons. The van der Waals surface area contributed by atoms with Crippen LogP contribution in [0.4, 0.5) is 0 Å². The van der Waals surface area contributed by atoms with Crippen molar-refractivity contribution in [3.8, 4) is 0 Å². The van der Waals surface area contributed by atoms with Crippen LogP contribution in [0.1, 0.15) is 30.5 Å². The van der Waals surface area contributed by atoms with Crippen LogP contribution in [0, 0.1) is 6.92 Å². The molecule has 0 bridgehead atoms. The molecule has 1 aromatic rings. The van der Waals surface area contributed by atoms with Gasteiger partial charge in [0.05, 0.1) is 19.3 Å².